The summed E-state index contributed by atoms with van der Waals surface area (Å²) in [5.41, 5.74) is 6.70. The van der Waals surface area contributed by atoms with Gasteiger partial charge in [-0.05, 0) is 35.9 Å². The molecule has 3 aromatic rings. The molecule has 160 valence electrons. The van der Waals surface area contributed by atoms with E-state index < -0.39 is 5.91 Å². The third kappa shape index (κ3) is 7.08. The van der Waals surface area contributed by atoms with Crippen LogP contribution in [-0.4, -0.2) is 31.3 Å². The average molecular weight is 437 g/mol. The minimum atomic E-state index is -0.431. The Kier molecular flexibility index (Phi) is 8.37. The molecule has 0 aliphatic heterocycles. The molecule has 0 spiro atoms. The van der Waals surface area contributed by atoms with Gasteiger partial charge in [-0.25, -0.2) is 0 Å². The van der Waals surface area contributed by atoms with Crippen LogP contribution in [0.15, 0.2) is 83.8 Å². The molecule has 0 unspecified atom stereocenters. The molecule has 3 aromatic carbocycles. The minimum absolute atomic E-state index is 0.204. The van der Waals surface area contributed by atoms with Gasteiger partial charge in [0.2, 0.25) is 5.91 Å². The van der Waals surface area contributed by atoms with E-state index in [0.29, 0.717) is 11.5 Å². The van der Waals surface area contributed by atoms with Crippen LogP contribution in [0.25, 0.3) is 11.1 Å². The highest BCUT2D eigenvalue weighted by Gasteiger charge is 2.09. The Hall–Kier alpha value is -3.45. The number of hydrazine groups is 1. The highest BCUT2D eigenvalue weighted by Crippen LogP contribution is 2.29. The molecule has 0 aliphatic carbocycles. The molecule has 0 aromatic heterocycles. The minimum Gasteiger partial charge on any atom is -0.497 e. The first-order valence-electron chi connectivity index (χ1n) is 9.77. The standard InChI is InChI=1S/C24H24N2O4S/c1-29-19-11-13-20(14-12-19)31-16-15-23(27)25-26-24(28)17-30-22-10-6-5-9-21(22)18-7-3-2-4-8-18/h2-14H,15-17H2,1H3,(H,25,27)(H,26,28). The largest absolute Gasteiger partial charge is 0.497 e. The van der Waals surface area contributed by atoms with Gasteiger partial charge in [-0.3, -0.25) is 20.4 Å². The molecule has 2 amide bonds. The van der Waals surface area contributed by atoms with E-state index in [1.807, 2.05) is 78.9 Å². The number of carbonyl (C=O) groups excluding carboxylic acids is 2. The van der Waals surface area contributed by atoms with Gasteiger partial charge in [0.1, 0.15) is 11.5 Å². The van der Waals surface area contributed by atoms with Crippen molar-refractivity contribution in [3.63, 3.8) is 0 Å². The summed E-state index contributed by atoms with van der Waals surface area (Å²) in [6.45, 7) is -0.204. The van der Waals surface area contributed by atoms with Crippen molar-refractivity contribution in [3.8, 4) is 22.6 Å². The Bertz CT molecular complexity index is 994. The first-order valence-corrected chi connectivity index (χ1v) is 10.8. The first-order chi connectivity index (χ1) is 15.2. The lowest BCUT2D eigenvalue weighted by Crippen LogP contribution is -2.43. The molecule has 2 N–H and O–H groups in total. The number of thioether (sulfide) groups is 1. The monoisotopic (exact) mass is 436 g/mol. The van der Waals surface area contributed by atoms with Gasteiger partial charge in [-0.1, -0.05) is 48.5 Å². The SMILES string of the molecule is COc1ccc(SCCC(=O)NNC(=O)COc2ccccc2-c2ccccc2)cc1. The van der Waals surface area contributed by atoms with Crippen molar-refractivity contribution in [2.45, 2.75) is 11.3 Å². The molecule has 0 radical (unpaired) electrons. The first kappa shape index (κ1) is 22.2. The van der Waals surface area contributed by atoms with E-state index in [-0.39, 0.29) is 18.9 Å². The molecule has 6 nitrogen and oxygen atoms in total. The second-order valence-corrected chi connectivity index (χ2v) is 7.69. The maximum Gasteiger partial charge on any atom is 0.276 e. The second kappa shape index (κ2) is 11.7. The highest BCUT2D eigenvalue weighted by molar-refractivity contribution is 7.99. The normalized spacial score (nSPS) is 10.2. The Morgan fingerprint density at radius 3 is 2.26 bits per heavy atom. The number of hydrogen-bond acceptors (Lipinski definition) is 5. The van der Waals surface area contributed by atoms with Crippen molar-refractivity contribution < 1.29 is 19.1 Å². The molecule has 7 heteroatoms. The summed E-state index contributed by atoms with van der Waals surface area (Å²) in [5.74, 6) is 1.29. The van der Waals surface area contributed by atoms with E-state index in [4.69, 9.17) is 9.47 Å². The van der Waals surface area contributed by atoms with Gasteiger partial charge in [-0.2, -0.15) is 0 Å². The molecule has 0 saturated heterocycles. The Balaban J connectivity index is 1.39. The van der Waals surface area contributed by atoms with E-state index in [1.54, 1.807) is 18.9 Å². The van der Waals surface area contributed by atoms with Gasteiger partial charge < -0.3 is 9.47 Å². The number of amides is 2. The summed E-state index contributed by atoms with van der Waals surface area (Å²) < 4.78 is 10.8. The Morgan fingerprint density at radius 1 is 0.839 bits per heavy atom. The molecule has 31 heavy (non-hydrogen) atoms. The number of nitrogens with one attached hydrogen (secondary N) is 2. The molecule has 3 rings (SSSR count). The molecule has 0 saturated carbocycles. The molecular weight excluding hydrogens is 412 g/mol. The predicted molar refractivity (Wildman–Crippen MR) is 122 cm³/mol. The number of methoxy groups -OCH3 is 1. The van der Waals surface area contributed by atoms with E-state index >= 15 is 0 Å². The third-order valence-electron chi connectivity index (χ3n) is 4.33. The highest BCUT2D eigenvalue weighted by atomic mass is 32.2. The van der Waals surface area contributed by atoms with Crippen molar-refractivity contribution in [2.24, 2.45) is 0 Å². The fourth-order valence-electron chi connectivity index (χ4n) is 2.76. The van der Waals surface area contributed by atoms with Crippen molar-refractivity contribution >= 4 is 23.6 Å². The van der Waals surface area contributed by atoms with Gasteiger partial charge in [0, 0.05) is 22.6 Å². The van der Waals surface area contributed by atoms with Gasteiger partial charge in [0.15, 0.2) is 6.61 Å². The fourth-order valence-corrected chi connectivity index (χ4v) is 3.62. The molecular formula is C24H24N2O4S. The van der Waals surface area contributed by atoms with E-state index in [1.165, 1.54) is 0 Å². The lowest BCUT2D eigenvalue weighted by atomic mass is 10.1. The number of hydrogen-bond donors (Lipinski definition) is 2. The van der Waals surface area contributed by atoms with Crippen LogP contribution in [0.4, 0.5) is 0 Å². The lowest BCUT2D eigenvalue weighted by Gasteiger charge is -2.12. The van der Waals surface area contributed by atoms with Gasteiger partial charge >= 0.3 is 0 Å². The number of rotatable bonds is 9. The van der Waals surface area contributed by atoms with Crippen molar-refractivity contribution in [2.75, 3.05) is 19.5 Å². The van der Waals surface area contributed by atoms with Gasteiger partial charge in [0.25, 0.3) is 5.91 Å². The van der Waals surface area contributed by atoms with Gasteiger partial charge in [-0.15, -0.1) is 11.8 Å². The van der Waals surface area contributed by atoms with Crippen molar-refractivity contribution in [3.05, 3.63) is 78.9 Å². The van der Waals surface area contributed by atoms with Crippen molar-refractivity contribution in [1.29, 1.82) is 0 Å². The topological polar surface area (TPSA) is 76.7 Å². The molecule has 0 heterocycles. The van der Waals surface area contributed by atoms with Crippen LogP contribution >= 0.6 is 11.8 Å². The average Bonchev–Trinajstić information content (AvgIpc) is 2.82. The summed E-state index contributed by atoms with van der Waals surface area (Å²) in [6.07, 6.45) is 0.272. The quantitative estimate of drug-likeness (QED) is 0.391. The van der Waals surface area contributed by atoms with Crippen LogP contribution in [-0.2, 0) is 9.59 Å². The van der Waals surface area contributed by atoms with E-state index in [2.05, 4.69) is 10.9 Å². The zero-order valence-corrected chi connectivity index (χ0v) is 18.0. The second-order valence-electron chi connectivity index (χ2n) is 6.52. The summed E-state index contributed by atoms with van der Waals surface area (Å²) in [7, 11) is 1.62. The van der Waals surface area contributed by atoms with Crippen LogP contribution in [0.2, 0.25) is 0 Å². The molecule has 0 bridgehead atoms. The van der Waals surface area contributed by atoms with Crippen molar-refractivity contribution in [1.82, 2.24) is 10.9 Å². The number of para-hydroxylation sites is 1. The van der Waals surface area contributed by atoms with Crippen LogP contribution in [0.1, 0.15) is 6.42 Å². The van der Waals surface area contributed by atoms with Crippen LogP contribution in [0.5, 0.6) is 11.5 Å². The summed E-state index contributed by atoms with van der Waals surface area (Å²) >= 11 is 1.56. The molecule has 0 atom stereocenters. The molecule has 0 fully saturated rings. The fraction of sp³-hybridized carbons (Fsp3) is 0.167. The van der Waals surface area contributed by atoms with E-state index in [9.17, 15) is 9.59 Å². The van der Waals surface area contributed by atoms with Crippen LogP contribution < -0.4 is 20.3 Å². The Labute approximate surface area is 185 Å². The maximum absolute atomic E-state index is 12.1. The van der Waals surface area contributed by atoms with Gasteiger partial charge in [0.05, 0.1) is 7.11 Å². The number of carbonyl (C=O) groups is 2. The maximum atomic E-state index is 12.1. The third-order valence-corrected chi connectivity index (χ3v) is 5.34. The lowest BCUT2D eigenvalue weighted by molar-refractivity contribution is -0.129. The zero-order chi connectivity index (χ0) is 21.9. The zero-order valence-electron chi connectivity index (χ0n) is 17.2. The van der Waals surface area contributed by atoms with Crippen LogP contribution in [0.3, 0.4) is 0 Å². The smallest absolute Gasteiger partial charge is 0.276 e. The van der Waals surface area contributed by atoms with E-state index in [0.717, 1.165) is 21.8 Å². The number of benzene rings is 3. The molecule has 0 aliphatic rings. The number of ether oxygens (including phenoxy) is 2. The summed E-state index contributed by atoms with van der Waals surface area (Å²) in [4.78, 5) is 25.1. The predicted octanol–water partition coefficient (Wildman–Crippen LogP) is 4.07. The Morgan fingerprint density at radius 2 is 1.52 bits per heavy atom. The van der Waals surface area contributed by atoms with Crippen LogP contribution in [0, 0.1) is 0 Å². The summed E-state index contributed by atoms with van der Waals surface area (Å²) in [5, 5.41) is 0. The summed E-state index contributed by atoms with van der Waals surface area (Å²) in [6, 6.07) is 24.9.